The van der Waals surface area contributed by atoms with Gasteiger partial charge in [0.15, 0.2) is 0 Å². The van der Waals surface area contributed by atoms with Crippen LogP contribution in [0.4, 0.5) is 0 Å². The van der Waals surface area contributed by atoms with Crippen LogP contribution < -0.4 is 5.73 Å². The van der Waals surface area contributed by atoms with E-state index in [-0.39, 0.29) is 12.6 Å². The summed E-state index contributed by atoms with van der Waals surface area (Å²) < 4.78 is 1.68. The Morgan fingerprint density at radius 1 is 1.64 bits per heavy atom. The standard InChI is InChI=1S/C9H18N4O/c1-3-7(2)9(10)5-13-4-8(6-14)11-12-13/h4,7,9,14H,3,5-6,10H2,1-2H3/t7-,9-/m1/s1. The molecule has 2 atom stereocenters. The van der Waals surface area contributed by atoms with Gasteiger partial charge in [0.25, 0.3) is 0 Å². The predicted octanol–water partition coefficient (Wildman–Crippen LogP) is 0.144. The third-order valence-electron chi connectivity index (χ3n) is 2.52. The maximum Gasteiger partial charge on any atom is 0.108 e. The van der Waals surface area contributed by atoms with Crippen molar-refractivity contribution in [3.8, 4) is 0 Å². The van der Waals surface area contributed by atoms with Crippen molar-refractivity contribution in [3.63, 3.8) is 0 Å². The van der Waals surface area contributed by atoms with Gasteiger partial charge in [0.05, 0.1) is 19.3 Å². The fourth-order valence-electron chi connectivity index (χ4n) is 1.20. The fraction of sp³-hybridized carbons (Fsp3) is 0.778. The van der Waals surface area contributed by atoms with Crippen molar-refractivity contribution in [2.45, 2.75) is 39.5 Å². The summed E-state index contributed by atoms with van der Waals surface area (Å²) in [5, 5.41) is 16.4. The van der Waals surface area contributed by atoms with E-state index in [2.05, 4.69) is 24.2 Å². The summed E-state index contributed by atoms with van der Waals surface area (Å²) in [5.74, 6) is 0.469. The smallest absolute Gasteiger partial charge is 0.108 e. The molecule has 0 aliphatic carbocycles. The van der Waals surface area contributed by atoms with E-state index >= 15 is 0 Å². The second-order valence-electron chi connectivity index (χ2n) is 3.64. The van der Waals surface area contributed by atoms with Crippen LogP contribution in [0.3, 0.4) is 0 Å². The van der Waals surface area contributed by atoms with Gasteiger partial charge in [-0.2, -0.15) is 0 Å². The molecular formula is C9H18N4O. The second-order valence-corrected chi connectivity index (χ2v) is 3.64. The van der Waals surface area contributed by atoms with Crippen molar-refractivity contribution >= 4 is 0 Å². The van der Waals surface area contributed by atoms with Crippen LogP contribution in [0.1, 0.15) is 26.0 Å². The van der Waals surface area contributed by atoms with Gasteiger partial charge in [-0.05, 0) is 5.92 Å². The van der Waals surface area contributed by atoms with Crippen molar-refractivity contribution in [2.75, 3.05) is 0 Å². The van der Waals surface area contributed by atoms with Gasteiger partial charge in [-0.3, -0.25) is 4.68 Å². The van der Waals surface area contributed by atoms with Gasteiger partial charge in [0.2, 0.25) is 0 Å². The number of hydrogen-bond donors (Lipinski definition) is 2. The number of aliphatic hydroxyl groups is 1. The highest BCUT2D eigenvalue weighted by Crippen LogP contribution is 2.07. The Morgan fingerprint density at radius 2 is 2.36 bits per heavy atom. The van der Waals surface area contributed by atoms with Crippen molar-refractivity contribution < 1.29 is 5.11 Å². The summed E-state index contributed by atoms with van der Waals surface area (Å²) >= 11 is 0. The molecule has 0 saturated heterocycles. The zero-order valence-electron chi connectivity index (χ0n) is 8.72. The average molecular weight is 198 g/mol. The van der Waals surface area contributed by atoms with Crippen LogP contribution in [0, 0.1) is 5.92 Å². The number of nitrogens with zero attached hydrogens (tertiary/aromatic N) is 3. The first kappa shape index (κ1) is 11.1. The van der Waals surface area contributed by atoms with Gasteiger partial charge in [0.1, 0.15) is 5.69 Å². The summed E-state index contributed by atoms with van der Waals surface area (Å²) in [4.78, 5) is 0. The third kappa shape index (κ3) is 2.78. The topological polar surface area (TPSA) is 77.0 Å². The van der Waals surface area contributed by atoms with E-state index in [1.165, 1.54) is 0 Å². The summed E-state index contributed by atoms with van der Waals surface area (Å²) in [5.41, 5.74) is 6.54. The van der Waals surface area contributed by atoms with E-state index in [1.807, 2.05) is 0 Å². The summed E-state index contributed by atoms with van der Waals surface area (Å²) in [6.07, 6.45) is 2.78. The number of aliphatic hydroxyl groups excluding tert-OH is 1. The van der Waals surface area contributed by atoms with Crippen LogP contribution in [0.25, 0.3) is 0 Å². The van der Waals surface area contributed by atoms with E-state index in [0.29, 0.717) is 18.2 Å². The molecular weight excluding hydrogens is 180 g/mol. The lowest BCUT2D eigenvalue weighted by Crippen LogP contribution is -2.32. The van der Waals surface area contributed by atoms with E-state index < -0.39 is 0 Å². The molecule has 14 heavy (non-hydrogen) atoms. The number of rotatable bonds is 5. The maximum absolute atomic E-state index is 8.79. The Balaban J connectivity index is 2.51. The van der Waals surface area contributed by atoms with Crippen LogP contribution in [0.2, 0.25) is 0 Å². The highest BCUT2D eigenvalue weighted by molar-refractivity contribution is 4.89. The molecule has 80 valence electrons. The van der Waals surface area contributed by atoms with Crippen LogP contribution in [0.15, 0.2) is 6.20 Å². The molecule has 0 spiro atoms. The molecule has 0 saturated carbocycles. The van der Waals surface area contributed by atoms with Crippen LogP contribution >= 0.6 is 0 Å². The molecule has 0 unspecified atom stereocenters. The molecule has 3 N–H and O–H groups in total. The Hall–Kier alpha value is -0.940. The number of nitrogens with two attached hydrogens (primary N) is 1. The molecule has 0 aliphatic heterocycles. The first-order valence-corrected chi connectivity index (χ1v) is 4.92. The van der Waals surface area contributed by atoms with E-state index in [0.717, 1.165) is 6.42 Å². The molecule has 0 aromatic carbocycles. The molecule has 0 bridgehead atoms. The minimum atomic E-state index is -0.0709. The van der Waals surface area contributed by atoms with Crippen molar-refractivity contribution in [1.82, 2.24) is 15.0 Å². The Morgan fingerprint density at radius 3 is 2.86 bits per heavy atom. The van der Waals surface area contributed by atoms with Crippen molar-refractivity contribution in [3.05, 3.63) is 11.9 Å². The van der Waals surface area contributed by atoms with Crippen molar-refractivity contribution in [2.24, 2.45) is 11.7 Å². The number of aromatic nitrogens is 3. The molecule has 1 aromatic rings. The molecule has 0 aliphatic rings. The minimum absolute atomic E-state index is 0.0709. The van der Waals surface area contributed by atoms with Gasteiger partial charge >= 0.3 is 0 Å². The highest BCUT2D eigenvalue weighted by atomic mass is 16.3. The molecule has 5 nitrogen and oxygen atoms in total. The second kappa shape index (κ2) is 5.07. The molecule has 1 rings (SSSR count). The highest BCUT2D eigenvalue weighted by Gasteiger charge is 2.12. The minimum Gasteiger partial charge on any atom is -0.390 e. The zero-order valence-corrected chi connectivity index (χ0v) is 8.72. The Kier molecular flexibility index (Phi) is 4.03. The Labute approximate surface area is 83.9 Å². The summed E-state index contributed by atoms with van der Waals surface area (Å²) in [6, 6.07) is 0.0910. The molecule has 0 amide bonds. The SMILES string of the molecule is CC[C@@H](C)[C@H](N)Cn1cc(CO)nn1. The van der Waals surface area contributed by atoms with Crippen LogP contribution in [-0.4, -0.2) is 26.1 Å². The van der Waals surface area contributed by atoms with Gasteiger partial charge < -0.3 is 10.8 Å². The molecule has 1 heterocycles. The summed E-state index contributed by atoms with van der Waals surface area (Å²) in [7, 11) is 0. The molecule has 1 aromatic heterocycles. The molecule has 0 fully saturated rings. The van der Waals surface area contributed by atoms with Crippen molar-refractivity contribution in [1.29, 1.82) is 0 Å². The number of hydrogen-bond acceptors (Lipinski definition) is 4. The maximum atomic E-state index is 8.79. The molecule has 0 radical (unpaired) electrons. The Bertz CT molecular complexity index is 274. The lowest BCUT2D eigenvalue weighted by atomic mass is 10.0. The van der Waals surface area contributed by atoms with Gasteiger partial charge in [-0.25, -0.2) is 0 Å². The normalized spacial score (nSPS) is 15.4. The van der Waals surface area contributed by atoms with Gasteiger partial charge in [-0.1, -0.05) is 25.5 Å². The van der Waals surface area contributed by atoms with Crippen LogP contribution in [0.5, 0.6) is 0 Å². The zero-order chi connectivity index (χ0) is 10.6. The lowest BCUT2D eigenvalue weighted by Gasteiger charge is -2.17. The summed E-state index contributed by atoms with van der Waals surface area (Å²) in [6.45, 7) is 4.82. The predicted molar refractivity (Wildman–Crippen MR) is 53.4 cm³/mol. The van der Waals surface area contributed by atoms with E-state index in [1.54, 1.807) is 10.9 Å². The van der Waals surface area contributed by atoms with Gasteiger partial charge in [-0.15, -0.1) is 5.10 Å². The molecule has 5 heteroatoms. The third-order valence-corrected chi connectivity index (χ3v) is 2.52. The van der Waals surface area contributed by atoms with E-state index in [4.69, 9.17) is 10.8 Å². The first-order valence-electron chi connectivity index (χ1n) is 4.92. The fourth-order valence-corrected chi connectivity index (χ4v) is 1.20. The van der Waals surface area contributed by atoms with E-state index in [9.17, 15) is 0 Å². The van der Waals surface area contributed by atoms with Gasteiger partial charge in [0, 0.05) is 6.04 Å². The van der Waals surface area contributed by atoms with Crippen LogP contribution in [-0.2, 0) is 13.2 Å². The lowest BCUT2D eigenvalue weighted by molar-refractivity contribution is 0.276. The monoisotopic (exact) mass is 198 g/mol. The average Bonchev–Trinajstić information content (AvgIpc) is 2.64. The quantitative estimate of drug-likeness (QED) is 0.705. The first-order chi connectivity index (χ1) is 6.67. The largest absolute Gasteiger partial charge is 0.390 e.